The Morgan fingerprint density at radius 1 is 0.900 bits per heavy atom. The van der Waals surface area contributed by atoms with Crippen LogP contribution in [0.3, 0.4) is 0 Å². The number of benzene rings is 2. The van der Waals surface area contributed by atoms with Crippen molar-refractivity contribution in [3.8, 4) is 11.5 Å². The van der Waals surface area contributed by atoms with Crippen molar-refractivity contribution in [2.75, 3.05) is 39.4 Å². The molecule has 4 rings (SSSR count). The van der Waals surface area contributed by atoms with E-state index in [2.05, 4.69) is 0 Å². The van der Waals surface area contributed by atoms with Gasteiger partial charge in [0.05, 0.1) is 18.1 Å². The Hall–Kier alpha value is -2.84. The van der Waals surface area contributed by atoms with Crippen molar-refractivity contribution < 1.29 is 22.7 Å². The maximum Gasteiger partial charge on any atom is 0.246 e. The molecule has 1 amide bonds. The van der Waals surface area contributed by atoms with Crippen molar-refractivity contribution in [1.29, 1.82) is 0 Å². The molecule has 2 aliphatic heterocycles. The Morgan fingerprint density at radius 2 is 1.60 bits per heavy atom. The average molecular weight is 429 g/mol. The standard InChI is InChI=1S/C22H24N2O5S/c25-22(10-8-18-7-9-20-21(17-18)29-16-4-15-28-20)23-11-13-24(14-12-23)30(26,27)19-5-2-1-3-6-19/h1-3,5-10,17H,4,11-16H2/b10-8+. The Kier molecular flexibility index (Phi) is 6.06. The molecule has 2 aromatic carbocycles. The summed E-state index contributed by atoms with van der Waals surface area (Å²) in [6.07, 6.45) is 4.09. The van der Waals surface area contributed by atoms with Crippen LogP contribution in [0.25, 0.3) is 6.08 Å². The molecule has 1 saturated heterocycles. The minimum atomic E-state index is -3.53. The number of hydrogen-bond acceptors (Lipinski definition) is 5. The first-order valence-corrected chi connectivity index (χ1v) is 11.4. The zero-order chi connectivity index (χ0) is 21.0. The predicted molar refractivity (Wildman–Crippen MR) is 113 cm³/mol. The molecule has 1 fully saturated rings. The number of hydrogen-bond donors (Lipinski definition) is 0. The summed E-state index contributed by atoms with van der Waals surface area (Å²) in [5, 5.41) is 0. The quantitative estimate of drug-likeness (QED) is 0.699. The van der Waals surface area contributed by atoms with Gasteiger partial charge in [-0.25, -0.2) is 8.42 Å². The summed E-state index contributed by atoms with van der Waals surface area (Å²) >= 11 is 0. The summed E-state index contributed by atoms with van der Waals surface area (Å²) in [6, 6.07) is 13.9. The molecule has 7 nitrogen and oxygen atoms in total. The first-order chi connectivity index (χ1) is 14.5. The van der Waals surface area contributed by atoms with Crippen molar-refractivity contribution in [2.45, 2.75) is 11.3 Å². The van der Waals surface area contributed by atoms with Crippen molar-refractivity contribution >= 4 is 22.0 Å². The van der Waals surface area contributed by atoms with Crippen LogP contribution in [0.15, 0.2) is 59.5 Å². The third kappa shape index (κ3) is 4.49. The van der Waals surface area contributed by atoms with E-state index in [1.807, 2.05) is 18.2 Å². The van der Waals surface area contributed by atoms with Gasteiger partial charge in [0.2, 0.25) is 15.9 Å². The van der Waals surface area contributed by atoms with E-state index >= 15 is 0 Å². The van der Waals surface area contributed by atoms with Gasteiger partial charge in [0.15, 0.2) is 11.5 Å². The smallest absolute Gasteiger partial charge is 0.246 e. The second-order valence-electron chi connectivity index (χ2n) is 7.13. The van der Waals surface area contributed by atoms with Gasteiger partial charge < -0.3 is 14.4 Å². The fourth-order valence-electron chi connectivity index (χ4n) is 3.45. The van der Waals surface area contributed by atoms with E-state index in [-0.39, 0.29) is 23.9 Å². The fourth-order valence-corrected chi connectivity index (χ4v) is 4.89. The van der Waals surface area contributed by atoms with Gasteiger partial charge in [0.1, 0.15) is 0 Å². The van der Waals surface area contributed by atoms with E-state index in [1.54, 1.807) is 41.3 Å². The molecule has 0 radical (unpaired) electrons. The third-order valence-electron chi connectivity index (χ3n) is 5.12. The molecule has 0 bridgehead atoms. The van der Waals surface area contributed by atoms with Crippen molar-refractivity contribution in [3.63, 3.8) is 0 Å². The first kappa shape index (κ1) is 20.4. The lowest BCUT2D eigenvalue weighted by Gasteiger charge is -2.33. The topological polar surface area (TPSA) is 76.2 Å². The summed E-state index contributed by atoms with van der Waals surface area (Å²) in [5.41, 5.74) is 0.845. The molecule has 0 N–H and O–H groups in total. The molecule has 2 aromatic rings. The van der Waals surface area contributed by atoms with E-state index in [4.69, 9.17) is 9.47 Å². The fraction of sp³-hybridized carbons (Fsp3) is 0.318. The molecule has 0 spiro atoms. The van der Waals surface area contributed by atoms with Crippen LogP contribution in [-0.2, 0) is 14.8 Å². The maximum absolute atomic E-state index is 12.7. The highest BCUT2D eigenvalue weighted by atomic mass is 32.2. The Balaban J connectivity index is 1.36. The number of carbonyl (C=O) groups excluding carboxylic acids is 1. The molecule has 0 atom stereocenters. The molecule has 2 heterocycles. The molecule has 2 aliphatic rings. The van der Waals surface area contributed by atoms with E-state index < -0.39 is 10.0 Å². The zero-order valence-electron chi connectivity index (χ0n) is 16.6. The maximum atomic E-state index is 12.7. The number of fused-ring (bicyclic) bond motifs is 1. The van der Waals surface area contributed by atoms with Crippen molar-refractivity contribution in [3.05, 3.63) is 60.2 Å². The largest absolute Gasteiger partial charge is 0.490 e. The number of rotatable bonds is 4. The molecule has 30 heavy (non-hydrogen) atoms. The Morgan fingerprint density at radius 3 is 2.33 bits per heavy atom. The summed E-state index contributed by atoms with van der Waals surface area (Å²) in [5.74, 6) is 1.26. The predicted octanol–water partition coefficient (Wildman–Crippen LogP) is 2.39. The van der Waals surface area contributed by atoms with Crippen LogP contribution >= 0.6 is 0 Å². The van der Waals surface area contributed by atoms with E-state index in [0.717, 1.165) is 12.0 Å². The summed E-state index contributed by atoms with van der Waals surface area (Å²) < 4.78 is 38.1. The van der Waals surface area contributed by atoms with Gasteiger partial charge in [-0.05, 0) is 35.9 Å². The minimum absolute atomic E-state index is 0.140. The molecule has 0 aromatic heterocycles. The van der Waals surface area contributed by atoms with Crippen LogP contribution in [0.1, 0.15) is 12.0 Å². The molecule has 0 aliphatic carbocycles. The minimum Gasteiger partial charge on any atom is -0.490 e. The number of piperazine rings is 1. The number of sulfonamides is 1. The average Bonchev–Trinajstić information content (AvgIpc) is 3.03. The molecular weight excluding hydrogens is 404 g/mol. The van der Waals surface area contributed by atoms with Gasteiger partial charge in [-0.2, -0.15) is 4.31 Å². The van der Waals surface area contributed by atoms with Crippen LogP contribution in [0.2, 0.25) is 0 Å². The summed E-state index contributed by atoms with van der Waals surface area (Å²) in [4.78, 5) is 14.5. The first-order valence-electron chi connectivity index (χ1n) is 9.96. The molecule has 8 heteroatoms. The van der Waals surface area contributed by atoms with Gasteiger partial charge in [0.25, 0.3) is 0 Å². The van der Waals surface area contributed by atoms with Crippen LogP contribution in [-0.4, -0.2) is 62.9 Å². The molecular formula is C22H24N2O5S. The van der Waals surface area contributed by atoms with E-state index in [0.29, 0.717) is 37.8 Å². The van der Waals surface area contributed by atoms with E-state index in [9.17, 15) is 13.2 Å². The lowest BCUT2D eigenvalue weighted by molar-refractivity contribution is -0.127. The van der Waals surface area contributed by atoms with Gasteiger partial charge in [0, 0.05) is 38.7 Å². The SMILES string of the molecule is O=C(/C=C/c1ccc2c(c1)OCCCO2)N1CCN(S(=O)(=O)c2ccccc2)CC1. The Bertz CT molecular complexity index is 1030. The zero-order valence-corrected chi connectivity index (χ0v) is 17.4. The summed E-state index contributed by atoms with van der Waals surface area (Å²) in [7, 11) is -3.53. The van der Waals surface area contributed by atoms with Gasteiger partial charge in [-0.1, -0.05) is 24.3 Å². The number of amides is 1. The number of ether oxygens (including phenoxy) is 2. The normalized spacial score (nSPS) is 17.7. The monoisotopic (exact) mass is 428 g/mol. The third-order valence-corrected chi connectivity index (χ3v) is 7.03. The van der Waals surface area contributed by atoms with Crippen LogP contribution in [0.5, 0.6) is 11.5 Å². The lowest BCUT2D eigenvalue weighted by Crippen LogP contribution is -2.50. The van der Waals surface area contributed by atoms with Crippen molar-refractivity contribution in [2.24, 2.45) is 0 Å². The highest BCUT2D eigenvalue weighted by molar-refractivity contribution is 7.89. The van der Waals surface area contributed by atoms with Crippen molar-refractivity contribution in [1.82, 2.24) is 9.21 Å². The Labute approximate surface area is 176 Å². The van der Waals surface area contributed by atoms with E-state index in [1.165, 1.54) is 10.4 Å². The molecule has 0 saturated carbocycles. The van der Waals surface area contributed by atoms with Gasteiger partial charge in [-0.3, -0.25) is 4.79 Å². The summed E-state index contributed by atoms with van der Waals surface area (Å²) in [6.45, 7) is 2.51. The highest BCUT2D eigenvalue weighted by Gasteiger charge is 2.29. The molecule has 0 unspecified atom stereocenters. The van der Waals surface area contributed by atoms with Crippen LogP contribution < -0.4 is 9.47 Å². The second-order valence-corrected chi connectivity index (χ2v) is 9.07. The number of carbonyl (C=O) groups is 1. The second kappa shape index (κ2) is 8.89. The van der Waals surface area contributed by atoms with Crippen LogP contribution in [0.4, 0.5) is 0 Å². The van der Waals surface area contributed by atoms with Crippen LogP contribution in [0, 0.1) is 0 Å². The number of nitrogens with zero attached hydrogens (tertiary/aromatic N) is 2. The molecule has 158 valence electrons. The van der Waals surface area contributed by atoms with Gasteiger partial charge >= 0.3 is 0 Å². The lowest BCUT2D eigenvalue weighted by atomic mass is 10.2. The van der Waals surface area contributed by atoms with Gasteiger partial charge in [-0.15, -0.1) is 0 Å². The highest BCUT2D eigenvalue weighted by Crippen LogP contribution is 2.30.